The summed E-state index contributed by atoms with van der Waals surface area (Å²) in [5.41, 5.74) is 2.22. The molecule has 0 atom stereocenters. The van der Waals surface area contributed by atoms with Crippen molar-refractivity contribution < 1.29 is 14.3 Å². The fourth-order valence-electron chi connectivity index (χ4n) is 3.08. The monoisotopic (exact) mass is 347 g/mol. The first-order valence-electron chi connectivity index (χ1n) is 8.80. The highest BCUT2D eigenvalue weighted by Crippen LogP contribution is 2.40. The zero-order valence-electron chi connectivity index (χ0n) is 15.6. The predicted molar refractivity (Wildman–Crippen MR) is 99.0 cm³/mol. The van der Waals surface area contributed by atoms with E-state index < -0.39 is 0 Å². The van der Waals surface area contributed by atoms with Gasteiger partial charge >= 0.3 is 6.03 Å². The Bertz CT molecular complexity index is 624. The van der Waals surface area contributed by atoms with Gasteiger partial charge in [-0.3, -0.25) is 4.79 Å². The van der Waals surface area contributed by atoms with E-state index in [9.17, 15) is 9.59 Å². The Balaban J connectivity index is 1.91. The quantitative estimate of drug-likeness (QED) is 0.709. The summed E-state index contributed by atoms with van der Waals surface area (Å²) in [5, 5.41) is 8.66. The molecule has 6 heteroatoms. The summed E-state index contributed by atoms with van der Waals surface area (Å²) in [5.74, 6) is -0.111. The van der Waals surface area contributed by atoms with Gasteiger partial charge in [-0.05, 0) is 57.4 Å². The van der Waals surface area contributed by atoms with Gasteiger partial charge in [-0.25, -0.2) is 4.79 Å². The summed E-state index contributed by atoms with van der Waals surface area (Å²) in [6, 6.07) is 5.12. The Kier molecular flexibility index (Phi) is 6.42. The van der Waals surface area contributed by atoms with Crippen molar-refractivity contribution >= 4 is 17.6 Å². The van der Waals surface area contributed by atoms with Crippen LogP contribution in [0.5, 0.6) is 0 Å². The standard InChI is InChI=1S/C19H29N3O3/c1-13(2)21-17(23)15-6-7-16(14(3)10-15)22-18(24)20-11-19(12-25-4)8-5-9-19/h6-7,10,13H,5,8-9,11-12H2,1-4H3,(H,21,23)(H2,20,22,24). The average Bonchev–Trinajstić information content (AvgIpc) is 2.51. The van der Waals surface area contributed by atoms with Gasteiger partial charge in [-0.15, -0.1) is 0 Å². The number of hydrogen-bond donors (Lipinski definition) is 3. The molecular formula is C19H29N3O3. The van der Waals surface area contributed by atoms with Crippen molar-refractivity contribution in [2.75, 3.05) is 25.6 Å². The number of ether oxygens (including phenoxy) is 1. The molecule has 1 aromatic rings. The van der Waals surface area contributed by atoms with E-state index >= 15 is 0 Å². The number of carbonyl (C=O) groups excluding carboxylic acids is 2. The van der Waals surface area contributed by atoms with Gasteiger partial charge in [-0.2, -0.15) is 0 Å². The molecule has 1 aliphatic carbocycles. The molecule has 3 N–H and O–H groups in total. The van der Waals surface area contributed by atoms with Gasteiger partial charge < -0.3 is 20.7 Å². The van der Waals surface area contributed by atoms with Crippen molar-refractivity contribution in [3.8, 4) is 0 Å². The van der Waals surface area contributed by atoms with E-state index in [1.807, 2.05) is 20.8 Å². The first-order chi connectivity index (χ1) is 11.8. The van der Waals surface area contributed by atoms with E-state index in [4.69, 9.17) is 4.74 Å². The van der Waals surface area contributed by atoms with Gasteiger partial charge in [0.25, 0.3) is 5.91 Å². The number of benzene rings is 1. The smallest absolute Gasteiger partial charge is 0.319 e. The molecule has 1 saturated carbocycles. The first kappa shape index (κ1) is 19.2. The van der Waals surface area contributed by atoms with Crippen molar-refractivity contribution in [3.05, 3.63) is 29.3 Å². The number of rotatable bonds is 7. The minimum atomic E-state index is -0.232. The van der Waals surface area contributed by atoms with Gasteiger partial charge in [0.2, 0.25) is 0 Å². The van der Waals surface area contributed by atoms with Crippen LogP contribution in [0.15, 0.2) is 18.2 Å². The highest BCUT2D eigenvalue weighted by Gasteiger charge is 2.37. The van der Waals surface area contributed by atoms with Gasteiger partial charge in [0, 0.05) is 36.4 Å². The van der Waals surface area contributed by atoms with Crippen molar-refractivity contribution in [1.29, 1.82) is 0 Å². The highest BCUT2D eigenvalue weighted by atomic mass is 16.5. The van der Waals surface area contributed by atoms with Crippen LogP contribution in [0, 0.1) is 12.3 Å². The maximum absolute atomic E-state index is 12.2. The molecule has 1 fully saturated rings. The minimum absolute atomic E-state index is 0.0833. The van der Waals surface area contributed by atoms with Crippen LogP contribution in [0.2, 0.25) is 0 Å². The van der Waals surface area contributed by atoms with Gasteiger partial charge in [0.05, 0.1) is 6.61 Å². The summed E-state index contributed by atoms with van der Waals surface area (Å²) in [4.78, 5) is 24.2. The lowest BCUT2D eigenvalue weighted by Crippen LogP contribution is -2.46. The number of anilines is 1. The Labute approximate surface area is 149 Å². The summed E-state index contributed by atoms with van der Waals surface area (Å²) in [6.07, 6.45) is 3.35. The second-order valence-corrected chi connectivity index (χ2v) is 7.25. The number of methoxy groups -OCH3 is 1. The minimum Gasteiger partial charge on any atom is -0.384 e. The second kappa shape index (κ2) is 8.34. The van der Waals surface area contributed by atoms with E-state index in [1.165, 1.54) is 6.42 Å². The topological polar surface area (TPSA) is 79.5 Å². The SMILES string of the molecule is COCC1(CNC(=O)Nc2ccc(C(=O)NC(C)C)cc2C)CCC1. The van der Waals surface area contributed by atoms with Crippen molar-refractivity contribution in [1.82, 2.24) is 10.6 Å². The largest absolute Gasteiger partial charge is 0.384 e. The molecule has 0 bridgehead atoms. The Morgan fingerprint density at radius 3 is 2.52 bits per heavy atom. The summed E-state index contributed by atoms with van der Waals surface area (Å²) in [7, 11) is 1.69. The molecule has 6 nitrogen and oxygen atoms in total. The van der Waals surface area contributed by atoms with Crippen LogP contribution in [0.1, 0.15) is 49.0 Å². The zero-order valence-corrected chi connectivity index (χ0v) is 15.6. The Morgan fingerprint density at radius 1 is 1.28 bits per heavy atom. The number of hydrogen-bond acceptors (Lipinski definition) is 3. The molecule has 0 heterocycles. The van der Waals surface area contributed by atoms with Crippen molar-refractivity contribution in [2.45, 2.75) is 46.1 Å². The lowest BCUT2D eigenvalue weighted by Gasteiger charge is -2.41. The molecule has 0 aliphatic heterocycles. The summed E-state index contributed by atoms with van der Waals surface area (Å²) in [6.45, 7) is 7.00. The molecule has 0 spiro atoms. The van der Waals surface area contributed by atoms with E-state index in [-0.39, 0.29) is 23.4 Å². The summed E-state index contributed by atoms with van der Waals surface area (Å²) >= 11 is 0. The Hall–Kier alpha value is -2.08. The molecule has 0 aromatic heterocycles. The molecule has 0 unspecified atom stereocenters. The first-order valence-corrected chi connectivity index (χ1v) is 8.80. The number of carbonyl (C=O) groups is 2. The third-order valence-electron chi connectivity index (χ3n) is 4.65. The lowest BCUT2D eigenvalue weighted by atomic mass is 9.69. The normalized spacial score (nSPS) is 15.4. The van der Waals surface area contributed by atoms with Crippen LogP contribution >= 0.6 is 0 Å². The third kappa shape index (κ3) is 5.19. The molecule has 0 radical (unpaired) electrons. The van der Waals surface area contributed by atoms with Gasteiger partial charge in [0.15, 0.2) is 0 Å². The molecule has 2 rings (SSSR count). The number of amides is 3. The number of aryl methyl sites for hydroxylation is 1. The molecule has 1 aromatic carbocycles. The van der Waals surface area contributed by atoms with Crippen LogP contribution in [0.3, 0.4) is 0 Å². The predicted octanol–water partition coefficient (Wildman–Crippen LogP) is 3.07. The lowest BCUT2D eigenvalue weighted by molar-refractivity contribution is 0.0203. The van der Waals surface area contributed by atoms with Crippen LogP contribution in [-0.2, 0) is 4.74 Å². The average molecular weight is 347 g/mol. The van der Waals surface area contributed by atoms with Crippen molar-refractivity contribution in [3.63, 3.8) is 0 Å². The summed E-state index contributed by atoms with van der Waals surface area (Å²) < 4.78 is 5.27. The van der Waals surface area contributed by atoms with E-state index in [0.29, 0.717) is 24.4 Å². The molecule has 0 saturated heterocycles. The maximum Gasteiger partial charge on any atom is 0.319 e. The number of nitrogens with one attached hydrogen (secondary N) is 3. The Morgan fingerprint density at radius 2 is 2.00 bits per heavy atom. The molecular weight excluding hydrogens is 318 g/mol. The molecule has 1 aliphatic rings. The van der Waals surface area contributed by atoms with E-state index in [0.717, 1.165) is 18.4 Å². The fraction of sp³-hybridized carbons (Fsp3) is 0.579. The second-order valence-electron chi connectivity index (χ2n) is 7.25. The van der Waals surface area contributed by atoms with Crippen molar-refractivity contribution in [2.24, 2.45) is 5.41 Å². The fourth-order valence-corrected chi connectivity index (χ4v) is 3.08. The maximum atomic E-state index is 12.2. The van der Waals surface area contributed by atoms with E-state index in [2.05, 4.69) is 16.0 Å². The zero-order chi connectivity index (χ0) is 18.4. The third-order valence-corrected chi connectivity index (χ3v) is 4.65. The molecule has 3 amide bonds. The van der Waals surface area contributed by atoms with Crippen LogP contribution in [0.25, 0.3) is 0 Å². The van der Waals surface area contributed by atoms with Crippen LogP contribution in [-0.4, -0.2) is 38.2 Å². The van der Waals surface area contributed by atoms with Crippen LogP contribution in [0.4, 0.5) is 10.5 Å². The molecule has 25 heavy (non-hydrogen) atoms. The van der Waals surface area contributed by atoms with E-state index in [1.54, 1.807) is 25.3 Å². The highest BCUT2D eigenvalue weighted by molar-refractivity contribution is 5.96. The number of urea groups is 1. The molecule has 138 valence electrons. The van der Waals surface area contributed by atoms with Gasteiger partial charge in [-0.1, -0.05) is 6.42 Å². The van der Waals surface area contributed by atoms with Gasteiger partial charge in [0.1, 0.15) is 0 Å². The van der Waals surface area contributed by atoms with Crippen LogP contribution < -0.4 is 16.0 Å².